The second-order valence-electron chi connectivity index (χ2n) is 3.10. The fraction of sp³-hybridized carbons (Fsp3) is 0.125. The number of nitriles is 1. The molecule has 0 saturated heterocycles. The van der Waals surface area contributed by atoms with Gasteiger partial charge in [0.05, 0.1) is 0 Å². The third-order valence-corrected chi connectivity index (χ3v) is 3.26. The van der Waals surface area contributed by atoms with E-state index in [1.165, 1.54) is 0 Å². The molecule has 1 heterocycles. The van der Waals surface area contributed by atoms with Gasteiger partial charge in [0.1, 0.15) is 0 Å². The molecule has 1 aromatic heterocycles. The summed E-state index contributed by atoms with van der Waals surface area (Å²) in [6.45, 7) is 1.83. The van der Waals surface area contributed by atoms with Crippen molar-refractivity contribution < 1.29 is 10.0 Å². The van der Waals surface area contributed by atoms with E-state index in [1.54, 1.807) is 6.07 Å². The maximum atomic E-state index is 9.20. The zero-order chi connectivity index (χ0) is 11.0. The van der Waals surface area contributed by atoms with Gasteiger partial charge in [0.25, 0.3) is 0 Å². The van der Waals surface area contributed by atoms with Gasteiger partial charge in [0.2, 0.25) is 0 Å². The molecule has 2 N–H and O–H groups in total. The van der Waals surface area contributed by atoms with Crippen LogP contribution in [0.1, 0.15) is 11.1 Å². The molecule has 0 unspecified atom stereocenters. The second-order valence-corrected chi connectivity index (χ2v) is 4.21. The minimum absolute atomic E-state index is 0.168. The van der Waals surface area contributed by atoms with Crippen LogP contribution in [0.4, 0.5) is 0 Å². The zero-order valence-corrected chi connectivity index (χ0v) is 9.51. The SMILES string of the molecule is Cc1cc(C#N)c(B(O)O)c2n[se]nc12. The van der Waals surface area contributed by atoms with Crippen molar-refractivity contribution in [3.05, 3.63) is 17.2 Å². The van der Waals surface area contributed by atoms with Gasteiger partial charge in [-0.1, -0.05) is 0 Å². The number of aryl methyl sites for hydroxylation is 1. The molecule has 0 radical (unpaired) electrons. The molecule has 0 bridgehead atoms. The van der Waals surface area contributed by atoms with E-state index in [0.717, 1.165) is 5.56 Å². The molecule has 0 spiro atoms. The third kappa shape index (κ3) is 1.58. The molecule has 0 atom stereocenters. The Morgan fingerprint density at radius 3 is 2.67 bits per heavy atom. The van der Waals surface area contributed by atoms with Crippen LogP contribution in [0.15, 0.2) is 6.07 Å². The first-order valence-corrected chi connectivity index (χ1v) is 5.70. The third-order valence-electron chi connectivity index (χ3n) is 2.15. The van der Waals surface area contributed by atoms with Crippen LogP contribution in [0, 0.1) is 18.3 Å². The first-order valence-electron chi connectivity index (χ1n) is 4.17. The van der Waals surface area contributed by atoms with Crippen LogP contribution in [0.2, 0.25) is 0 Å². The van der Waals surface area contributed by atoms with Crippen LogP contribution in [0.3, 0.4) is 0 Å². The molecule has 0 fully saturated rings. The minimum atomic E-state index is -1.68. The Balaban J connectivity index is 2.91. The predicted octanol–water partition coefficient (Wildman–Crippen LogP) is -1.45. The second kappa shape index (κ2) is 3.76. The van der Waals surface area contributed by atoms with Crippen LogP contribution in [0.5, 0.6) is 0 Å². The Morgan fingerprint density at radius 1 is 1.40 bits per heavy atom. The quantitative estimate of drug-likeness (QED) is 0.616. The van der Waals surface area contributed by atoms with Crippen molar-refractivity contribution in [2.24, 2.45) is 0 Å². The van der Waals surface area contributed by atoms with Crippen LogP contribution < -0.4 is 5.46 Å². The van der Waals surface area contributed by atoms with Crippen molar-refractivity contribution in [3.8, 4) is 6.07 Å². The summed E-state index contributed by atoms with van der Waals surface area (Å²) in [5.41, 5.74) is 2.40. The number of hydrogen-bond acceptors (Lipinski definition) is 5. The molecule has 0 aliphatic carbocycles. The molecule has 0 amide bonds. The van der Waals surface area contributed by atoms with Gasteiger partial charge in [-0.15, -0.1) is 0 Å². The zero-order valence-electron chi connectivity index (χ0n) is 7.80. The Bertz CT molecular complexity index is 561. The monoisotopic (exact) mass is 267 g/mol. The van der Waals surface area contributed by atoms with Gasteiger partial charge in [-0.3, -0.25) is 0 Å². The Labute approximate surface area is 92.4 Å². The molecule has 7 heteroatoms. The van der Waals surface area contributed by atoms with Gasteiger partial charge in [0.15, 0.2) is 0 Å². The molecule has 5 nitrogen and oxygen atoms in total. The normalized spacial score (nSPS) is 10.3. The summed E-state index contributed by atoms with van der Waals surface area (Å²) in [4.78, 5) is 0. The number of rotatable bonds is 1. The number of fused-ring (bicyclic) bond motifs is 1. The summed E-state index contributed by atoms with van der Waals surface area (Å²) < 4.78 is 8.30. The summed E-state index contributed by atoms with van der Waals surface area (Å²) in [5.74, 6) is 0. The number of nitrogens with zero attached hydrogens (tertiary/aromatic N) is 3. The summed E-state index contributed by atoms with van der Waals surface area (Å²) in [7, 11) is -1.68. The fourth-order valence-corrected chi connectivity index (χ4v) is 2.77. The van der Waals surface area contributed by atoms with Crippen LogP contribution >= 0.6 is 0 Å². The van der Waals surface area contributed by atoms with Gasteiger partial charge in [-0.2, -0.15) is 0 Å². The van der Waals surface area contributed by atoms with Crippen LogP contribution in [0.25, 0.3) is 11.0 Å². The topological polar surface area (TPSA) is 90.0 Å². The Kier molecular flexibility index (Phi) is 2.59. The summed E-state index contributed by atoms with van der Waals surface area (Å²) in [5, 5.41) is 27.3. The van der Waals surface area contributed by atoms with E-state index in [4.69, 9.17) is 5.26 Å². The molecule has 2 rings (SSSR count). The first-order chi connectivity index (χ1) is 7.15. The Hall–Kier alpha value is -1.19. The molecular formula is C8H6BN3O2Se. The van der Waals surface area contributed by atoms with Gasteiger partial charge < -0.3 is 0 Å². The van der Waals surface area contributed by atoms with Gasteiger partial charge in [0, 0.05) is 0 Å². The first kappa shape index (κ1) is 10.3. The fourth-order valence-electron chi connectivity index (χ4n) is 1.47. The van der Waals surface area contributed by atoms with Gasteiger partial charge >= 0.3 is 92.0 Å². The molecule has 15 heavy (non-hydrogen) atoms. The number of benzene rings is 1. The van der Waals surface area contributed by atoms with E-state index in [-0.39, 0.29) is 26.0 Å². The van der Waals surface area contributed by atoms with Crippen molar-refractivity contribution in [1.29, 1.82) is 5.26 Å². The van der Waals surface area contributed by atoms with E-state index in [2.05, 4.69) is 7.96 Å². The van der Waals surface area contributed by atoms with Gasteiger partial charge in [-0.25, -0.2) is 0 Å². The van der Waals surface area contributed by atoms with Crippen LogP contribution in [-0.2, 0) is 0 Å². The molecule has 2 aromatic rings. The van der Waals surface area contributed by atoms with Gasteiger partial charge in [-0.05, 0) is 0 Å². The average molecular weight is 266 g/mol. The van der Waals surface area contributed by atoms with E-state index in [1.807, 2.05) is 13.0 Å². The maximum absolute atomic E-state index is 9.20. The van der Waals surface area contributed by atoms with Crippen molar-refractivity contribution in [2.45, 2.75) is 6.92 Å². The summed E-state index contributed by atoms with van der Waals surface area (Å²) in [6.07, 6.45) is 0. The molecular weight excluding hydrogens is 260 g/mol. The summed E-state index contributed by atoms with van der Waals surface area (Å²) in [6, 6.07) is 3.54. The standard InChI is InChI=1S/C8H6BN3O2Se/c1-4-2-5(3-10)6(9(13)14)8-7(4)11-15-12-8/h2,13-14H,1H3. The van der Waals surface area contributed by atoms with E-state index in [9.17, 15) is 10.0 Å². The molecule has 0 saturated carbocycles. The molecule has 74 valence electrons. The van der Waals surface area contributed by atoms with E-state index >= 15 is 0 Å². The number of aromatic nitrogens is 2. The predicted molar refractivity (Wildman–Crippen MR) is 55.8 cm³/mol. The van der Waals surface area contributed by atoms with Crippen molar-refractivity contribution in [2.75, 3.05) is 0 Å². The van der Waals surface area contributed by atoms with Crippen molar-refractivity contribution >= 4 is 38.6 Å². The molecule has 1 aromatic carbocycles. The average Bonchev–Trinajstić information content (AvgIpc) is 2.65. The van der Waals surface area contributed by atoms with E-state index in [0.29, 0.717) is 11.0 Å². The van der Waals surface area contributed by atoms with E-state index < -0.39 is 7.12 Å². The van der Waals surface area contributed by atoms with Crippen molar-refractivity contribution in [3.63, 3.8) is 0 Å². The molecule has 0 aliphatic rings. The molecule has 0 aliphatic heterocycles. The Morgan fingerprint density at radius 2 is 2.07 bits per heavy atom. The van der Waals surface area contributed by atoms with Crippen molar-refractivity contribution in [1.82, 2.24) is 7.96 Å². The summed E-state index contributed by atoms with van der Waals surface area (Å²) >= 11 is -0.245. The van der Waals surface area contributed by atoms with Crippen LogP contribution in [-0.4, -0.2) is 40.1 Å². The number of hydrogen-bond donors (Lipinski definition) is 2.